The molecule has 1 atom stereocenters. The lowest BCUT2D eigenvalue weighted by Gasteiger charge is -2.28. The molecule has 0 bridgehead atoms. The molecule has 27 heavy (non-hydrogen) atoms. The first-order valence-electron chi connectivity index (χ1n) is 8.09. The first-order valence-corrected chi connectivity index (χ1v) is 8.88. The van der Waals surface area contributed by atoms with Crippen LogP contribution in [0.1, 0.15) is 17.0 Å². The molecule has 6 nitrogen and oxygen atoms in total. The number of nitrogens with two attached hydrogens (primary N) is 1. The summed E-state index contributed by atoms with van der Waals surface area (Å²) in [7, 11) is 1.25. The van der Waals surface area contributed by atoms with Crippen LogP contribution in [0.5, 0.6) is 5.75 Å². The van der Waals surface area contributed by atoms with Gasteiger partial charge in [-0.25, -0.2) is 9.59 Å². The Morgan fingerprint density at radius 1 is 1.15 bits per heavy atom. The van der Waals surface area contributed by atoms with Crippen LogP contribution < -0.4 is 16.1 Å². The number of halogens is 1. The molecule has 0 fully saturated rings. The molecule has 0 saturated carbocycles. The van der Waals surface area contributed by atoms with E-state index in [9.17, 15) is 9.59 Å². The molecule has 0 saturated heterocycles. The number of benzene rings is 2. The number of carbonyl (C=O) groups is 1. The van der Waals surface area contributed by atoms with Crippen molar-refractivity contribution in [3.05, 3.63) is 86.0 Å². The SMILES string of the molecule is COC(=O)C1=C(N)Oc2c(c(=O)oc3ccccc23)C1c1ccccc1Br. The van der Waals surface area contributed by atoms with Crippen LogP contribution in [0.4, 0.5) is 0 Å². The van der Waals surface area contributed by atoms with Crippen LogP contribution >= 0.6 is 15.9 Å². The van der Waals surface area contributed by atoms with Gasteiger partial charge in [-0.15, -0.1) is 0 Å². The quantitative estimate of drug-likeness (QED) is 0.497. The van der Waals surface area contributed by atoms with Gasteiger partial charge in [0, 0.05) is 4.47 Å². The highest BCUT2D eigenvalue weighted by atomic mass is 79.9. The van der Waals surface area contributed by atoms with Gasteiger partial charge in [0.25, 0.3) is 0 Å². The second-order valence-corrected chi connectivity index (χ2v) is 6.81. The van der Waals surface area contributed by atoms with Crippen LogP contribution in [0.2, 0.25) is 0 Å². The molecular formula is C20H14BrNO5. The molecule has 2 heterocycles. The number of esters is 1. The van der Waals surface area contributed by atoms with Crippen LogP contribution in [0, 0.1) is 0 Å². The van der Waals surface area contributed by atoms with Crippen molar-refractivity contribution in [1.29, 1.82) is 0 Å². The predicted octanol–water partition coefficient (Wildman–Crippen LogP) is 3.42. The number of fused-ring (bicyclic) bond motifs is 3. The molecule has 0 radical (unpaired) electrons. The monoisotopic (exact) mass is 427 g/mol. The molecule has 0 amide bonds. The molecule has 1 unspecified atom stereocenters. The molecule has 1 aromatic heterocycles. The predicted molar refractivity (Wildman–Crippen MR) is 102 cm³/mol. The Bertz CT molecular complexity index is 1160. The smallest absolute Gasteiger partial charge is 0.344 e. The molecule has 1 aliphatic rings. The van der Waals surface area contributed by atoms with E-state index in [0.29, 0.717) is 21.0 Å². The third-order valence-corrected chi connectivity index (χ3v) is 5.20. The third-order valence-electron chi connectivity index (χ3n) is 4.48. The summed E-state index contributed by atoms with van der Waals surface area (Å²) in [5.41, 5.74) is 6.81. The summed E-state index contributed by atoms with van der Waals surface area (Å²) in [6.45, 7) is 0. The van der Waals surface area contributed by atoms with Crippen molar-refractivity contribution in [2.75, 3.05) is 7.11 Å². The van der Waals surface area contributed by atoms with Gasteiger partial charge in [-0.3, -0.25) is 0 Å². The maximum Gasteiger partial charge on any atom is 0.344 e. The summed E-state index contributed by atoms with van der Waals surface area (Å²) in [6.07, 6.45) is 0. The summed E-state index contributed by atoms with van der Waals surface area (Å²) in [5.74, 6) is -1.29. The lowest BCUT2D eigenvalue weighted by molar-refractivity contribution is -0.136. The molecule has 2 aromatic carbocycles. The Morgan fingerprint density at radius 3 is 2.59 bits per heavy atom. The van der Waals surface area contributed by atoms with E-state index < -0.39 is 17.5 Å². The van der Waals surface area contributed by atoms with Gasteiger partial charge in [0.15, 0.2) is 5.75 Å². The Kier molecular flexibility index (Phi) is 4.24. The maximum absolute atomic E-state index is 12.9. The Labute approximate surface area is 162 Å². The number of para-hydroxylation sites is 1. The summed E-state index contributed by atoms with van der Waals surface area (Å²) < 4.78 is 16.8. The molecular weight excluding hydrogens is 414 g/mol. The normalized spacial score (nSPS) is 16.0. The zero-order valence-electron chi connectivity index (χ0n) is 14.2. The fraction of sp³-hybridized carbons (Fsp3) is 0.100. The summed E-state index contributed by atoms with van der Waals surface area (Å²) >= 11 is 3.49. The van der Waals surface area contributed by atoms with Crippen LogP contribution in [0.15, 0.2) is 73.7 Å². The number of hydrogen-bond donors (Lipinski definition) is 1. The van der Waals surface area contributed by atoms with Crippen LogP contribution in [0.25, 0.3) is 11.0 Å². The topological polar surface area (TPSA) is 91.8 Å². The Morgan fingerprint density at radius 2 is 1.85 bits per heavy atom. The standard InChI is InChI=1S/C20H14BrNO5/c1-25-19(23)16-14(10-6-2-4-8-12(10)21)15-17(27-18(16)22)11-7-3-5-9-13(11)26-20(15)24/h2-9,14H,22H2,1H3. The first kappa shape index (κ1) is 17.4. The van der Waals surface area contributed by atoms with E-state index in [1.165, 1.54) is 7.11 Å². The van der Waals surface area contributed by atoms with Crippen molar-refractivity contribution >= 4 is 32.9 Å². The zero-order valence-corrected chi connectivity index (χ0v) is 15.8. The second-order valence-electron chi connectivity index (χ2n) is 5.95. The van der Waals surface area contributed by atoms with E-state index in [1.807, 2.05) is 18.2 Å². The zero-order chi connectivity index (χ0) is 19.1. The van der Waals surface area contributed by atoms with Crippen molar-refractivity contribution in [3.63, 3.8) is 0 Å². The van der Waals surface area contributed by atoms with Gasteiger partial charge in [0.05, 0.1) is 24.0 Å². The summed E-state index contributed by atoms with van der Waals surface area (Å²) in [5, 5.41) is 0.594. The van der Waals surface area contributed by atoms with Crippen LogP contribution in [-0.4, -0.2) is 13.1 Å². The van der Waals surface area contributed by atoms with Crippen molar-refractivity contribution in [2.24, 2.45) is 5.73 Å². The Balaban J connectivity index is 2.11. The molecule has 7 heteroatoms. The van der Waals surface area contributed by atoms with Crippen molar-refractivity contribution in [3.8, 4) is 5.75 Å². The number of ether oxygens (including phenoxy) is 2. The highest BCUT2D eigenvalue weighted by molar-refractivity contribution is 9.10. The number of rotatable bonds is 2. The maximum atomic E-state index is 12.9. The first-order chi connectivity index (χ1) is 13.0. The van der Waals surface area contributed by atoms with Gasteiger partial charge < -0.3 is 19.6 Å². The van der Waals surface area contributed by atoms with E-state index in [0.717, 1.165) is 0 Å². The average molecular weight is 428 g/mol. The number of carbonyl (C=O) groups excluding carboxylic acids is 1. The van der Waals surface area contributed by atoms with Gasteiger partial charge in [0.2, 0.25) is 5.88 Å². The Hall–Kier alpha value is -3.06. The molecule has 2 N–H and O–H groups in total. The van der Waals surface area contributed by atoms with Crippen LogP contribution in [-0.2, 0) is 9.53 Å². The van der Waals surface area contributed by atoms with E-state index in [-0.39, 0.29) is 22.8 Å². The van der Waals surface area contributed by atoms with Crippen LogP contribution in [0.3, 0.4) is 0 Å². The minimum absolute atomic E-state index is 0.0551. The molecule has 3 aromatic rings. The minimum atomic E-state index is -0.794. The molecule has 0 aliphatic carbocycles. The minimum Gasteiger partial charge on any atom is -0.465 e. The number of methoxy groups -OCH3 is 1. The van der Waals surface area contributed by atoms with E-state index in [2.05, 4.69) is 15.9 Å². The lowest BCUT2D eigenvalue weighted by atomic mass is 9.83. The molecule has 1 aliphatic heterocycles. The van der Waals surface area contributed by atoms with Gasteiger partial charge in [-0.05, 0) is 23.8 Å². The summed E-state index contributed by atoms with van der Waals surface area (Å²) in [6, 6.07) is 14.3. The highest BCUT2D eigenvalue weighted by Crippen LogP contribution is 2.45. The number of hydrogen-bond acceptors (Lipinski definition) is 6. The van der Waals surface area contributed by atoms with Crippen molar-refractivity contribution < 1.29 is 18.7 Å². The van der Waals surface area contributed by atoms with Crippen molar-refractivity contribution in [1.82, 2.24) is 0 Å². The van der Waals surface area contributed by atoms with Crippen molar-refractivity contribution in [2.45, 2.75) is 5.92 Å². The van der Waals surface area contributed by atoms with E-state index in [1.54, 1.807) is 30.3 Å². The molecule has 136 valence electrons. The van der Waals surface area contributed by atoms with Gasteiger partial charge in [-0.1, -0.05) is 46.3 Å². The second kappa shape index (κ2) is 6.59. The third kappa shape index (κ3) is 2.71. The summed E-state index contributed by atoms with van der Waals surface area (Å²) in [4.78, 5) is 25.3. The largest absolute Gasteiger partial charge is 0.465 e. The molecule has 0 spiro atoms. The fourth-order valence-electron chi connectivity index (χ4n) is 3.29. The average Bonchev–Trinajstić information content (AvgIpc) is 2.67. The van der Waals surface area contributed by atoms with Gasteiger partial charge in [-0.2, -0.15) is 0 Å². The van der Waals surface area contributed by atoms with Gasteiger partial charge in [0.1, 0.15) is 11.2 Å². The van der Waals surface area contributed by atoms with Gasteiger partial charge >= 0.3 is 11.6 Å². The molecule has 4 rings (SSSR count). The van der Waals surface area contributed by atoms with E-state index in [4.69, 9.17) is 19.6 Å². The highest BCUT2D eigenvalue weighted by Gasteiger charge is 2.39. The lowest BCUT2D eigenvalue weighted by Crippen LogP contribution is -2.30. The van der Waals surface area contributed by atoms with E-state index >= 15 is 0 Å². The fourth-order valence-corrected chi connectivity index (χ4v) is 3.81.